The van der Waals surface area contributed by atoms with Crippen molar-refractivity contribution in [2.75, 3.05) is 36.4 Å². The average molecular weight is 597 g/mol. The van der Waals surface area contributed by atoms with Crippen molar-refractivity contribution >= 4 is 56.1 Å². The zero-order valence-electron chi connectivity index (χ0n) is 21.9. The second-order valence-electron chi connectivity index (χ2n) is 9.71. The maximum Gasteiger partial charge on any atom is 0.332 e. The molecule has 0 unspecified atom stereocenters. The number of halogens is 1. The van der Waals surface area contributed by atoms with Crippen LogP contribution in [0.5, 0.6) is 0 Å². The summed E-state index contributed by atoms with van der Waals surface area (Å²) in [4.78, 5) is 35.0. The first-order valence-electron chi connectivity index (χ1n) is 12.4. The lowest BCUT2D eigenvalue weighted by Crippen LogP contribution is -2.50. The summed E-state index contributed by atoms with van der Waals surface area (Å²) < 4.78 is 5.50. The lowest BCUT2D eigenvalue weighted by atomic mass is 10.1. The molecule has 1 aliphatic rings. The minimum Gasteiger partial charge on any atom is -0.345 e. The first kappa shape index (κ1) is 26.2. The van der Waals surface area contributed by atoms with Crippen LogP contribution in [0, 0.1) is 13.8 Å². The van der Waals surface area contributed by atoms with Gasteiger partial charge >= 0.3 is 5.69 Å². The third kappa shape index (κ3) is 4.88. The van der Waals surface area contributed by atoms with E-state index in [4.69, 9.17) is 17.2 Å². The molecule has 9 nitrogen and oxygen atoms in total. The molecule has 0 amide bonds. The Morgan fingerprint density at radius 3 is 2.32 bits per heavy atom. The maximum absolute atomic E-state index is 13.3. The smallest absolute Gasteiger partial charge is 0.332 e. The molecular formula is C27H30BrN7O2S. The van der Waals surface area contributed by atoms with Crippen molar-refractivity contribution in [2.24, 2.45) is 14.1 Å². The molecule has 198 valence electrons. The predicted octanol–water partition coefficient (Wildman–Crippen LogP) is 3.38. The molecule has 3 heterocycles. The fourth-order valence-electron chi connectivity index (χ4n) is 4.73. The number of aromatic nitrogens is 4. The number of rotatable bonds is 4. The monoisotopic (exact) mass is 595 g/mol. The molecule has 38 heavy (non-hydrogen) atoms. The molecule has 0 aliphatic carbocycles. The molecule has 1 aliphatic heterocycles. The first-order chi connectivity index (χ1) is 18.1. The van der Waals surface area contributed by atoms with Gasteiger partial charge in [-0.3, -0.25) is 18.5 Å². The molecule has 1 fully saturated rings. The summed E-state index contributed by atoms with van der Waals surface area (Å²) in [5.74, 6) is 0.675. The van der Waals surface area contributed by atoms with Crippen LogP contribution in [0.2, 0.25) is 0 Å². The minimum atomic E-state index is -0.394. The molecule has 0 atom stereocenters. The van der Waals surface area contributed by atoms with Crippen molar-refractivity contribution in [3.8, 4) is 0 Å². The van der Waals surface area contributed by atoms with Crippen LogP contribution in [0.3, 0.4) is 0 Å². The van der Waals surface area contributed by atoms with Crippen molar-refractivity contribution in [2.45, 2.75) is 20.4 Å². The van der Waals surface area contributed by atoms with Gasteiger partial charge in [-0.25, -0.2) is 4.79 Å². The maximum atomic E-state index is 13.3. The largest absolute Gasteiger partial charge is 0.345 e. The van der Waals surface area contributed by atoms with Gasteiger partial charge in [0.25, 0.3) is 5.56 Å². The molecule has 0 radical (unpaired) electrons. The van der Waals surface area contributed by atoms with E-state index in [1.807, 2.05) is 34.9 Å². The molecule has 0 saturated carbocycles. The van der Waals surface area contributed by atoms with E-state index in [0.29, 0.717) is 54.9 Å². The Labute approximate surface area is 234 Å². The Kier molecular flexibility index (Phi) is 7.15. The van der Waals surface area contributed by atoms with E-state index in [2.05, 4.69) is 57.0 Å². The topological polar surface area (TPSA) is 80.3 Å². The Hall–Kier alpha value is -3.44. The number of hydrogen-bond donors (Lipinski definition) is 1. The molecule has 4 aromatic rings. The Balaban J connectivity index is 1.43. The third-order valence-corrected chi connectivity index (χ3v) is 8.08. The SMILES string of the molecule is Cc1ccc(NC(=S)N2CCN(c3nc4c(c(=O)n(C)c(=O)n4C)n3Cc3ccc(Br)cc3)CC2)cc1C. The Morgan fingerprint density at radius 2 is 1.66 bits per heavy atom. The fraction of sp³-hybridized carbons (Fsp3) is 0.333. The Morgan fingerprint density at radius 1 is 0.974 bits per heavy atom. The Bertz CT molecular complexity index is 1650. The number of hydrogen-bond acceptors (Lipinski definition) is 5. The van der Waals surface area contributed by atoms with Gasteiger partial charge in [-0.1, -0.05) is 34.1 Å². The lowest BCUT2D eigenvalue weighted by molar-refractivity contribution is 0.386. The molecule has 5 rings (SSSR count). The number of nitrogens with zero attached hydrogens (tertiary/aromatic N) is 6. The molecule has 2 aromatic carbocycles. The average Bonchev–Trinajstić information content (AvgIpc) is 3.29. The van der Waals surface area contributed by atoms with Gasteiger partial charge in [0.15, 0.2) is 16.3 Å². The molecule has 2 aromatic heterocycles. The molecule has 1 N–H and O–H groups in total. The molecule has 0 spiro atoms. The van der Waals surface area contributed by atoms with Gasteiger partial charge in [-0.15, -0.1) is 0 Å². The van der Waals surface area contributed by atoms with Crippen molar-refractivity contribution in [1.29, 1.82) is 0 Å². The highest BCUT2D eigenvalue weighted by atomic mass is 79.9. The van der Waals surface area contributed by atoms with Gasteiger partial charge in [0.2, 0.25) is 5.95 Å². The van der Waals surface area contributed by atoms with E-state index >= 15 is 0 Å². The lowest BCUT2D eigenvalue weighted by Gasteiger charge is -2.36. The van der Waals surface area contributed by atoms with Gasteiger partial charge in [0.1, 0.15) is 0 Å². The number of fused-ring (bicyclic) bond motifs is 1. The summed E-state index contributed by atoms with van der Waals surface area (Å²) in [6.07, 6.45) is 0. The van der Waals surface area contributed by atoms with Crippen LogP contribution in [-0.2, 0) is 20.6 Å². The van der Waals surface area contributed by atoms with Crippen LogP contribution in [0.25, 0.3) is 11.2 Å². The van der Waals surface area contributed by atoms with Crippen LogP contribution in [0.4, 0.5) is 11.6 Å². The summed E-state index contributed by atoms with van der Waals surface area (Å²) in [7, 11) is 3.16. The molecule has 0 bridgehead atoms. The summed E-state index contributed by atoms with van der Waals surface area (Å²) in [5.41, 5.74) is 4.53. The zero-order chi connectivity index (χ0) is 27.1. The number of nitrogens with one attached hydrogen (secondary N) is 1. The van der Waals surface area contributed by atoms with Gasteiger partial charge in [0.05, 0.1) is 6.54 Å². The van der Waals surface area contributed by atoms with Crippen molar-refractivity contribution in [1.82, 2.24) is 23.6 Å². The van der Waals surface area contributed by atoms with E-state index in [1.54, 1.807) is 7.05 Å². The van der Waals surface area contributed by atoms with Crippen molar-refractivity contribution in [3.05, 3.63) is 84.5 Å². The fourth-order valence-corrected chi connectivity index (χ4v) is 5.29. The number of thiocarbonyl (C=S) groups is 1. The highest BCUT2D eigenvalue weighted by Crippen LogP contribution is 2.24. The number of imidazole rings is 1. The first-order valence-corrected chi connectivity index (χ1v) is 13.6. The summed E-state index contributed by atoms with van der Waals surface area (Å²) in [6.45, 7) is 7.39. The van der Waals surface area contributed by atoms with E-state index in [1.165, 1.54) is 22.7 Å². The van der Waals surface area contributed by atoms with Crippen LogP contribution in [0.1, 0.15) is 16.7 Å². The predicted molar refractivity (Wildman–Crippen MR) is 159 cm³/mol. The quantitative estimate of drug-likeness (QED) is 0.362. The van der Waals surface area contributed by atoms with Crippen LogP contribution in [-0.4, -0.2) is 54.9 Å². The standard InChI is InChI=1S/C27H30BrN7O2S/c1-17-5-10-21(15-18(17)2)29-26(38)34-13-11-33(12-14-34)25-30-23-22(24(36)32(4)27(37)31(23)3)35(25)16-19-6-8-20(28)9-7-19/h5-10,15H,11-14,16H2,1-4H3,(H,29,38). The van der Waals surface area contributed by atoms with Crippen LogP contribution < -0.4 is 21.5 Å². The number of benzene rings is 2. The van der Waals surface area contributed by atoms with Gasteiger partial charge in [0, 0.05) is 50.4 Å². The van der Waals surface area contributed by atoms with E-state index in [-0.39, 0.29) is 5.56 Å². The second-order valence-corrected chi connectivity index (χ2v) is 11.0. The van der Waals surface area contributed by atoms with E-state index < -0.39 is 5.69 Å². The number of anilines is 2. The van der Waals surface area contributed by atoms with Gasteiger partial charge < -0.3 is 15.1 Å². The highest BCUT2D eigenvalue weighted by Gasteiger charge is 2.26. The molecule has 1 saturated heterocycles. The molecular weight excluding hydrogens is 566 g/mol. The van der Waals surface area contributed by atoms with Gasteiger partial charge in [-0.2, -0.15) is 4.98 Å². The zero-order valence-corrected chi connectivity index (χ0v) is 24.3. The van der Waals surface area contributed by atoms with Crippen LogP contribution in [0.15, 0.2) is 56.5 Å². The number of piperazine rings is 1. The van der Waals surface area contributed by atoms with Crippen molar-refractivity contribution in [3.63, 3.8) is 0 Å². The summed E-state index contributed by atoms with van der Waals surface area (Å²) in [5, 5.41) is 4.05. The van der Waals surface area contributed by atoms with Crippen molar-refractivity contribution < 1.29 is 0 Å². The minimum absolute atomic E-state index is 0.351. The van der Waals surface area contributed by atoms with Crippen LogP contribution >= 0.6 is 28.1 Å². The molecule has 11 heteroatoms. The summed E-state index contributed by atoms with van der Waals surface area (Å²) >= 11 is 9.20. The normalized spacial score (nSPS) is 13.8. The number of aryl methyl sites for hydroxylation is 3. The highest BCUT2D eigenvalue weighted by molar-refractivity contribution is 9.10. The van der Waals surface area contributed by atoms with E-state index in [0.717, 1.165) is 20.3 Å². The summed E-state index contributed by atoms with van der Waals surface area (Å²) in [6, 6.07) is 14.2. The van der Waals surface area contributed by atoms with E-state index in [9.17, 15) is 9.59 Å². The van der Waals surface area contributed by atoms with Gasteiger partial charge in [-0.05, 0) is 67.0 Å². The third-order valence-electron chi connectivity index (χ3n) is 7.19. The second kappa shape index (κ2) is 10.4.